The summed E-state index contributed by atoms with van der Waals surface area (Å²) in [6.07, 6.45) is 0.903. The highest BCUT2D eigenvalue weighted by atomic mass is 19.1. The zero-order valence-corrected chi connectivity index (χ0v) is 11.1. The van der Waals surface area contributed by atoms with Gasteiger partial charge in [-0.15, -0.1) is 0 Å². The molecule has 1 aliphatic rings. The number of amides is 2. The quantitative estimate of drug-likeness (QED) is 0.891. The first-order valence-electron chi connectivity index (χ1n) is 6.54. The molecule has 2 amide bonds. The lowest BCUT2D eigenvalue weighted by molar-refractivity contribution is 0.0710. The second kappa shape index (κ2) is 6.52. The first kappa shape index (κ1) is 13.8. The van der Waals surface area contributed by atoms with Gasteiger partial charge in [0.05, 0.1) is 6.10 Å². The minimum atomic E-state index is -0.288. The molecule has 1 saturated heterocycles. The van der Waals surface area contributed by atoms with Crippen LogP contribution in [0.3, 0.4) is 0 Å². The molecular weight excluding hydrogens is 247 g/mol. The van der Waals surface area contributed by atoms with Crippen LogP contribution in [0.1, 0.15) is 18.9 Å². The van der Waals surface area contributed by atoms with E-state index in [0.717, 1.165) is 12.0 Å². The number of hydrogen-bond donors (Lipinski definition) is 1. The average Bonchev–Trinajstić information content (AvgIpc) is 2.61. The van der Waals surface area contributed by atoms with Crippen LogP contribution in [-0.4, -0.2) is 36.7 Å². The highest BCUT2D eigenvalue weighted by molar-refractivity contribution is 5.74. The molecule has 0 aliphatic carbocycles. The van der Waals surface area contributed by atoms with Gasteiger partial charge in [0, 0.05) is 26.2 Å². The molecule has 1 atom stereocenters. The molecule has 1 aliphatic heterocycles. The van der Waals surface area contributed by atoms with E-state index >= 15 is 0 Å². The van der Waals surface area contributed by atoms with Crippen LogP contribution >= 0.6 is 0 Å². The van der Waals surface area contributed by atoms with E-state index in [4.69, 9.17) is 4.74 Å². The summed E-state index contributed by atoms with van der Waals surface area (Å²) < 4.78 is 18.5. The average molecular weight is 266 g/mol. The number of nitrogens with zero attached hydrogens (tertiary/aromatic N) is 1. The SMILES string of the molecule is C[C@@H]1CN(C(=O)NCc2cccc(F)c2)CCCO1. The van der Waals surface area contributed by atoms with Gasteiger partial charge in [0.25, 0.3) is 0 Å². The molecule has 1 aromatic carbocycles. The molecule has 0 aromatic heterocycles. The van der Waals surface area contributed by atoms with E-state index in [1.807, 2.05) is 6.92 Å². The van der Waals surface area contributed by atoms with E-state index < -0.39 is 0 Å². The highest BCUT2D eigenvalue weighted by Gasteiger charge is 2.19. The van der Waals surface area contributed by atoms with Gasteiger partial charge < -0.3 is 15.0 Å². The maximum absolute atomic E-state index is 13.0. The van der Waals surface area contributed by atoms with Crippen LogP contribution in [0.25, 0.3) is 0 Å². The van der Waals surface area contributed by atoms with E-state index in [-0.39, 0.29) is 18.0 Å². The Kier molecular flexibility index (Phi) is 4.74. The van der Waals surface area contributed by atoms with Gasteiger partial charge in [-0.25, -0.2) is 9.18 Å². The summed E-state index contributed by atoms with van der Waals surface area (Å²) in [5, 5.41) is 2.81. The van der Waals surface area contributed by atoms with E-state index in [1.54, 1.807) is 17.0 Å². The largest absolute Gasteiger partial charge is 0.377 e. The number of ether oxygens (including phenoxy) is 1. The van der Waals surface area contributed by atoms with Gasteiger partial charge in [-0.1, -0.05) is 12.1 Å². The molecule has 2 rings (SSSR count). The van der Waals surface area contributed by atoms with Gasteiger partial charge in [0.15, 0.2) is 0 Å². The van der Waals surface area contributed by atoms with Crippen LogP contribution in [0.2, 0.25) is 0 Å². The third-order valence-corrected chi connectivity index (χ3v) is 3.07. The summed E-state index contributed by atoms with van der Waals surface area (Å²) in [4.78, 5) is 13.8. The Labute approximate surface area is 112 Å². The van der Waals surface area contributed by atoms with Crippen LogP contribution in [-0.2, 0) is 11.3 Å². The van der Waals surface area contributed by atoms with Crippen molar-refractivity contribution in [2.45, 2.75) is 26.0 Å². The smallest absolute Gasteiger partial charge is 0.317 e. The number of rotatable bonds is 2. The lowest BCUT2D eigenvalue weighted by Gasteiger charge is -2.22. The monoisotopic (exact) mass is 266 g/mol. The number of carbonyl (C=O) groups is 1. The number of carbonyl (C=O) groups excluding carboxylic acids is 1. The molecule has 0 spiro atoms. The predicted molar refractivity (Wildman–Crippen MR) is 70.2 cm³/mol. The third kappa shape index (κ3) is 4.21. The molecule has 0 radical (unpaired) electrons. The van der Waals surface area contributed by atoms with Gasteiger partial charge in [0.1, 0.15) is 5.82 Å². The Morgan fingerprint density at radius 1 is 1.58 bits per heavy atom. The molecule has 0 unspecified atom stereocenters. The molecule has 1 aromatic rings. The van der Waals surface area contributed by atoms with Crippen molar-refractivity contribution in [1.29, 1.82) is 0 Å². The van der Waals surface area contributed by atoms with Gasteiger partial charge in [-0.2, -0.15) is 0 Å². The maximum Gasteiger partial charge on any atom is 0.317 e. The fraction of sp³-hybridized carbons (Fsp3) is 0.500. The number of urea groups is 1. The molecule has 4 nitrogen and oxygen atoms in total. The Morgan fingerprint density at radius 3 is 3.21 bits per heavy atom. The van der Waals surface area contributed by atoms with E-state index in [1.165, 1.54) is 12.1 Å². The molecule has 1 fully saturated rings. The van der Waals surface area contributed by atoms with E-state index in [0.29, 0.717) is 26.2 Å². The first-order valence-corrected chi connectivity index (χ1v) is 6.54. The van der Waals surface area contributed by atoms with Crippen LogP contribution in [0.15, 0.2) is 24.3 Å². The maximum atomic E-state index is 13.0. The molecular formula is C14H19FN2O2. The van der Waals surface area contributed by atoms with Gasteiger partial charge in [0.2, 0.25) is 0 Å². The second-order valence-corrected chi connectivity index (χ2v) is 4.77. The summed E-state index contributed by atoms with van der Waals surface area (Å²) >= 11 is 0. The Morgan fingerprint density at radius 2 is 2.42 bits per heavy atom. The van der Waals surface area contributed by atoms with Crippen LogP contribution in [0.4, 0.5) is 9.18 Å². The van der Waals surface area contributed by atoms with Crippen molar-refractivity contribution in [3.8, 4) is 0 Å². The van der Waals surface area contributed by atoms with Crippen LogP contribution < -0.4 is 5.32 Å². The zero-order chi connectivity index (χ0) is 13.7. The number of halogens is 1. The van der Waals surface area contributed by atoms with Crippen molar-refractivity contribution in [2.75, 3.05) is 19.7 Å². The minimum absolute atomic E-state index is 0.0578. The Balaban J connectivity index is 1.86. The zero-order valence-electron chi connectivity index (χ0n) is 11.1. The predicted octanol–water partition coefficient (Wildman–Crippen LogP) is 2.15. The molecule has 1 heterocycles. The molecule has 104 valence electrons. The van der Waals surface area contributed by atoms with Crippen molar-refractivity contribution in [3.05, 3.63) is 35.6 Å². The van der Waals surface area contributed by atoms with Crippen molar-refractivity contribution in [1.82, 2.24) is 10.2 Å². The number of hydrogen-bond acceptors (Lipinski definition) is 2. The number of nitrogens with one attached hydrogen (secondary N) is 1. The van der Waals surface area contributed by atoms with E-state index in [9.17, 15) is 9.18 Å². The Bertz CT molecular complexity index is 439. The molecule has 1 N–H and O–H groups in total. The minimum Gasteiger partial charge on any atom is -0.377 e. The molecule has 0 saturated carbocycles. The molecule has 5 heteroatoms. The summed E-state index contributed by atoms with van der Waals surface area (Å²) in [6, 6.07) is 6.12. The third-order valence-electron chi connectivity index (χ3n) is 3.07. The van der Waals surface area contributed by atoms with Crippen molar-refractivity contribution >= 4 is 6.03 Å². The molecule has 0 bridgehead atoms. The fourth-order valence-corrected chi connectivity index (χ4v) is 2.12. The van der Waals surface area contributed by atoms with Crippen molar-refractivity contribution < 1.29 is 13.9 Å². The van der Waals surface area contributed by atoms with Gasteiger partial charge in [-0.05, 0) is 31.0 Å². The standard InChI is InChI=1S/C14H19FN2O2/c1-11-10-17(6-3-7-19-11)14(18)16-9-12-4-2-5-13(15)8-12/h2,4-5,8,11H,3,6-7,9-10H2,1H3,(H,16,18)/t11-/m1/s1. The summed E-state index contributed by atoms with van der Waals surface area (Å²) in [5.41, 5.74) is 0.757. The number of benzene rings is 1. The van der Waals surface area contributed by atoms with E-state index in [2.05, 4.69) is 5.32 Å². The summed E-state index contributed by atoms with van der Waals surface area (Å²) in [7, 11) is 0. The first-order chi connectivity index (χ1) is 9.15. The lowest BCUT2D eigenvalue weighted by Crippen LogP contribution is -2.42. The second-order valence-electron chi connectivity index (χ2n) is 4.77. The van der Waals surface area contributed by atoms with Crippen molar-refractivity contribution in [2.24, 2.45) is 0 Å². The summed E-state index contributed by atoms with van der Waals surface area (Å²) in [5.74, 6) is -0.288. The van der Waals surface area contributed by atoms with Crippen LogP contribution in [0, 0.1) is 5.82 Å². The normalized spacial score (nSPS) is 19.9. The van der Waals surface area contributed by atoms with Crippen molar-refractivity contribution in [3.63, 3.8) is 0 Å². The van der Waals surface area contributed by atoms with Crippen LogP contribution in [0.5, 0.6) is 0 Å². The summed E-state index contributed by atoms with van der Waals surface area (Å²) in [6.45, 7) is 4.27. The lowest BCUT2D eigenvalue weighted by atomic mass is 10.2. The highest BCUT2D eigenvalue weighted by Crippen LogP contribution is 2.07. The topological polar surface area (TPSA) is 41.6 Å². The van der Waals surface area contributed by atoms with Gasteiger partial charge >= 0.3 is 6.03 Å². The fourth-order valence-electron chi connectivity index (χ4n) is 2.12. The van der Waals surface area contributed by atoms with Gasteiger partial charge in [-0.3, -0.25) is 0 Å². The Hall–Kier alpha value is -1.62. The molecule has 19 heavy (non-hydrogen) atoms.